The van der Waals surface area contributed by atoms with Gasteiger partial charge in [0.25, 0.3) is 0 Å². The zero-order chi connectivity index (χ0) is 11.0. The van der Waals surface area contributed by atoms with E-state index in [0.717, 1.165) is 39.0 Å². The molecule has 0 aliphatic carbocycles. The molecule has 4 atom stereocenters. The predicted octanol–water partition coefficient (Wildman–Crippen LogP) is -1.30. The van der Waals surface area contributed by atoms with Gasteiger partial charge in [-0.25, -0.2) is 0 Å². The fraction of sp³-hybridized carbons (Fsp3) is 1.00. The second-order valence-corrected chi connectivity index (χ2v) is 5.15. The molecular weight excluding hydrogens is 204 g/mol. The molecule has 0 bridgehead atoms. The molecule has 16 heavy (non-hydrogen) atoms. The molecule has 0 amide bonds. The minimum Gasteiger partial charge on any atom is -0.372 e. The highest BCUT2D eigenvalue weighted by atomic mass is 16.5. The van der Waals surface area contributed by atoms with E-state index in [1.54, 1.807) is 0 Å². The van der Waals surface area contributed by atoms with Crippen molar-refractivity contribution in [1.82, 2.24) is 15.5 Å². The average molecular weight is 226 g/mol. The Kier molecular flexibility index (Phi) is 3.13. The molecule has 5 nitrogen and oxygen atoms in total. The highest BCUT2D eigenvalue weighted by Crippen LogP contribution is 2.23. The van der Waals surface area contributed by atoms with Crippen LogP contribution in [0.4, 0.5) is 0 Å². The van der Waals surface area contributed by atoms with Gasteiger partial charge in [0, 0.05) is 38.6 Å². The van der Waals surface area contributed by atoms with Gasteiger partial charge in [0.2, 0.25) is 0 Å². The van der Waals surface area contributed by atoms with Gasteiger partial charge in [0.1, 0.15) is 0 Å². The molecule has 0 aromatic carbocycles. The maximum Gasteiger partial charge on any atom is 0.0754 e. The Balaban J connectivity index is 1.51. The highest BCUT2D eigenvalue weighted by Gasteiger charge is 2.37. The molecule has 3 fully saturated rings. The Morgan fingerprint density at radius 2 is 2.25 bits per heavy atom. The van der Waals surface area contributed by atoms with Gasteiger partial charge < -0.3 is 21.1 Å². The molecule has 0 saturated carbocycles. The first-order chi connectivity index (χ1) is 7.83. The molecule has 0 radical (unpaired) electrons. The lowest BCUT2D eigenvalue weighted by molar-refractivity contribution is -0.0310. The smallest absolute Gasteiger partial charge is 0.0754 e. The third-order valence-corrected chi connectivity index (χ3v) is 3.97. The van der Waals surface area contributed by atoms with Gasteiger partial charge in [-0.1, -0.05) is 0 Å². The van der Waals surface area contributed by atoms with Crippen molar-refractivity contribution in [2.45, 2.75) is 37.3 Å². The van der Waals surface area contributed by atoms with Crippen molar-refractivity contribution < 1.29 is 4.74 Å². The number of nitrogens with zero attached hydrogens (tertiary/aromatic N) is 1. The van der Waals surface area contributed by atoms with Crippen molar-refractivity contribution in [3.8, 4) is 0 Å². The zero-order valence-electron chi connectivity index (χ0n) is 9.69. The molecule has 3 aliphatic rings. The Labute approximate surface area is 96.7 Å². The van der Waals surface area contributed by atoms with Crippen LogP contribution in [0.2, 0.25) is 0 Å². The number of nitrogens with one attached hydrogen (secondary N) is 2. The summed E-state index contributed by atoms with van der Waals surface area (Å²) in [6.07, 6.45) is 3.37. The quantitative estimate of drug-likeness (QED) is 0.546. The Morgan fingerprint density at radius 3 is 3.06 bits per heavy atom. The van der Waals surface area contributed by atoms with E-state index in [0.29, 0.717) is 12.3 Å². The number of rotatable bonds is 2. The summed E-state index contributed by atoms with van der Waals surface area (Å²) >= 11 is 0. The molecule has 3 rings (SSSR count). The minimum atomic E-state index is 0.164. The van der Waals surface area contributed by atoms with Crippen molar-refractivity contribution in [3.05, 3.63) is 0 Å². The molecular formula is C11H22N4O. The summed E-state index contributed by atoms with van der Waals surface area (Å²) < 4.78 is 6.15. The van der Waals surface area contributed by atoms with Crippen LogP contribution < -0.4 is 16.4 Å². The lowest BCUT2D eigenvalue weighted by atomic mass is 10.0. The number of hydrogen-bond donors (Lipinski definition) is 3. The van der Waals surface area contributed by atoms with Gasteiger partial charge in [-0.05, 0) is 13.0 Å². The first-order valence-corrected chi connectivity index (χ1v) is 6.42. The summed E-state index contributed by atoms with van der Waals surface area (Å²) in [5.41, 5.74) is 6.06. The zero-order valence-corrected chi connectivity index (χ0v) is 9.69. The molecule has 3 heterocycles. The van der Waals surface area contributed by atoms with Crippen molar-refractivity contribution in [3.63, 3.8) is 0 Å². The molecule has 3 aliphatic heterocycles. The molecule has 92 valence electrons. The maximum atomic E-state index is 6.15. The first kappa shape index (κ1) is 10.9. The van der Waals surface area contributed by atoms with E-state index in [2.05, 4.69) is 15.5 Å². The third kappa shape index (κ3) is 2.10. The Morgan fingerprint density at radius 1 is 1.31 bits per heavy atom. The molecule has 0 aromatic heterocycles. The van der Waals surface area contributed by atoms with E-state index in [4.69, 9.17) is 10.5 Å². The number of fused-ring (bicyclic) bond motifs is 1. The number of hydrogen-bond acceptors (Lipinski definition) is 5. The van der Waals surface area contributed by atoms with Gasteiger partial charge >= 0.3 is 0 Å². The fourth-order valence-corrected chi connectivity index (χ4v) is 3.07. The summed E-state index contributed by atoms with van der Waals surface area (Å²) in [5.74, 6) is 0. The Bertz CT molecular complexity index is 238. The minimum absolute atomic E-state index is 0.164. The van der Waals surface area contributed by atoms with Crippen molar-refractivity contribution >= 4 is 0 Å². The summed E-state index contributed by atoms with van der Waals surface area (Å²) in [6.45, 7) is 5.31. The van der Waals surface area contributed by atoms with Gasteiger partial charge in [-0.3, -0.25) is 4.90 Å². The number of piperidine rings is 1. The number of nitrogens with two attached hydrogens (primary N) is 1. The van der Waals surface area contributed by atoms with Crippen LogP contribution >= 0.6 is 0 Å². The Hall–Kier alpha value is -0.200. The van der Waals surface area contributed by atoms with Crippen LogP contribution in [-0.4, -0.2) is 62.0 Å². The highest BCUT2D eigenvalue weighted by molar-refractivity contribution is 4.91. The van der Waals surface area contributed by atoms with E-state index < -0.39 is 0 Å². The normalized spacial score (nSPS) is 44.8. The van der Waals surface area contributed by atoms with Gasteiger partial charge in [0.15, 0.2) is 0 Å². The van der Waals surface area contributed by atoms with E-state index in [1.165, 1.54) is 6.54 Å². The van der Waals surface area contributed by atoms with Gasteiger partial charge in [0.05, 0.1) is 18.4 Å². The molecule has 0 spiro atoms. The van der Waals surface area contributed by atoms with E-state index in [-0.39, 0.29) is 12.1 Å². The van der Waals surface area contributed by atoms with Crippen molar-refractivity contribution in [2.75, 3.05) is 32.7 Å². The van der Waals surface area contributed by atoms with Gasteiger partial charge in [-0.15, -0.1) is 0 Å². The van der Waals surface area contributed by atoms with E-state index >= 15 is 0 Å². The summed E-state index contributed by atoms with van der Waals surface area (Å²) in [4.78, 5) is 2.48. The average Bonchev–Trinajstić information content (AvgIpc) is 2.81. The van der Waals surface area contributed by atoms with Crippen LogP contribution in [0, 0.1) is 0 Å². The van der Waals surface area contributed by atoms with E-state index in [1.807, 2.05) is 0 Å². The molecule has 0 aromatic rings. The van der Waals surface area contributed by atoms with Crippen LogP contribution in [0.3, 0.4) is 0 Å². The summed E-state index contributed by atoms with van der Waals surface area (Å²) in [5, 5.41) is 6.80. The predicted molar refractivity (Wildman–Crippen MR) is 62.1 cm³/mol. The van der Waals surface area contributed by atoms with Crippen LogP contribution in [0.25, 0.3) is 0 Å². The third-order valence-electron chi connectivity index (χ3n) is 3.97. The van der Waals surface area contributed by atoms with Crippen LogP contribution in [0.5, 0.6) is 0 Å². The second-order valence-electron chi connectivity index (χ2n) is 5.15. The first-order valence-electron chi connectivity index (χ1n) is 6.42. The lowest BCUT2D eigenvalue weighted by Crippen LogP contribution is -2.51. The molecule has 5 heteroatoms. The summed E-state index contributed by atoms with van der Waals surface area (Å²) in [7, 11) is 0. The fourth-order valence-electron chi connectivity index (χ4n) is 3.07. The molecule has 4 unspecified atom stereocenters. The standard InChI is InChI=1S/C11H22N4O/c12-9-6-13-2-1-10(9)16-8-5-11-14-3-4-15(11)7-8/h8-11,13-14H,1-7,12H2. The summed E-state index contributed by atoms with van der Waals surface area (Å²) in [6, 6.07) is 0.164. The second kappa shape index (κ2) is 4.58. The topological polar surface area (TPSA) is 62.6 Å². The lowest BCUT2D eigenvalue weighted by Gasteiger charge is -2.31. The van der Waals surface area contributed by atoms with Crippen molar-refractivity contribution in [2.24, 2.45) is 5.73 Å². The largest absolute Gasteiger partial charge is 0.372 e. The monoisotopic (exact) mass is 226 g/mol. The number of ether oxygens (including phenoxy) is 1. The van der Waals surface area contributed by atoms with Gasteiger partial charge in [-0.2, -0.15) is 0 Å². The van der Waals surface area contributed by atoms with Crippen LogP contribution in [-0.2, 0) is 4.74 Å². The van der Waals surface area contributed by atoms with Crippen LogP contribution in [0.1, 0.15) is 12.8 Å². The van der Waals surface area contributed by atoms with E-state index in [9.17, 15) is 0 Å². The molecule has 4 N–H and O–H groups in total. The van der Waals surface area contributed by atoms with Crippen LogP contribution in [0.15, 0.2) is 0 Å². The molecule has 3 saturated heterocycles. The maximum absolute atomic E-state index is 6.15. The SMILES string of the molecule is NC1CNCCC1OC1CC2NCCN2C1. The van der Waals surface area contributed by atoms with Crippen molar-refractivity contribution in [1.29, 1.82) is 0 Å².